The third-order valence-corrected chi connectivity index (χ3v) is 10.1. The Kier molecular flexibility index (Phi) is 5.94. The Morgan fingerprint density at radius 3 is 1.52 bits per heavy atom. The van der Waals surface area contributed by atoms with Crippen molar-refractivity contribution < 1.29 is 0 Å². The van der Waals surface area contributed by atoms with Crippen LogP contribution in [-0.2, 0) is 0 Å². The van der Waals surface area contributed by atoms with Gasteiger partial charge in [0.15, 0.2) is 0 Å². The molecule has 0 N–H and O–H groups in total. The Bertz CT molecular complexity index is 2900. The van der Waals surface area contributed by atoms with Crippen molar-refractivity contribution in [1.29, 1.82) is 0 Å². The quantitative estimate of drug-likeness (QED) is 0.144. The molecule has 0 bridgehead atoms. The van der Waals surface area contributed by atoms with Crippen LogP contribution in [0.4, 0.5) is 0 Å². The lowest BCUT2D eigenvalue weighted by atomic mass is 9.83. The van der Waals surface area contributed by atoms with Crippen LogP contribution in [0.25, 0.3) is 98.1 Å². The van der Waals surface area contributed by atoms with Crippen LogP contribution in [0.15, 0.2) is 176 Å². The van der Waals surface area contributed by atoms with Gasteiger partial charge in [-0.3, -0.25) is 4.98 Å². The van der Waals surface area contributed by atoms with E-state index in [1.807, 2.05) is 0 Å². The molecule has 0 spiro atoms. The SMILES string of the molecule is c1ccc2cc(-c3ccc(-c4c5ccccc5c(-c5ccc6ccccc6c5)c5c4cnc4ccccc45)c4ccccc34)ccc2c1. The zero-order valence-electron chi connectivity index (χ0n) is 26.2. The molecule has 0 aliphatic carbocycles. The molecule has 10 rings (SSSR count). The minimum Gasteiger partial charge on any atom is -0.256 e. The van der Waals surface area contributed by atoms with Crippen molar-refractivity contribution in [2.24, 2.45) is 0 Å². The molecule has 222 valence electrons. The van der Waals surface area contributed by atoms with Gasteiger partial charge in [-0.1, -0.05) is 152 Å². The number of para-hydroxylation sites is 1. The van der Waals surface area contributed by atoms with Crippen LogP contribution in [-0.4, -0.2) is 4.98 Å². The van der Waals surface area contributed by atoms with Gasteiger partial charge in [-0.2, -0.15) is 0 Å². The molecule has 0 atom stereocenters. The maximum atomic E-state index is 5.06. The monoisotopic (exact) mass is 607 g/mol. The van der Waals surface area contributed by atoms with Gasteiger partial charge in [0.1, 0.15) is 0 Å². The third kappa shape index (κ3) is 4.08. The van der Waals surface area contributed by atoms with Gasteiger partial charge in [-0.05, 0) is 94.7 Å². The van der Waals surface area contributed by atoms with Crippen molar-refractivity contribution in [1.82, 2.24) is 4.98 Å². The molecule has 1 nitrogen and oxygen atoms in total. The molecule has 0 aliphatic rings. The summed E-state index contributed by atoms with van der Waals surface area (Å²) < 4.78 is 0. The number of pyridine rings is 1. The minimum absolute atomic E-state index is 1.00. The van der Waals surface area contributed by atoms with E-state index in [4.69, 9.17) is 4.98 Å². The van der Waals surface area contributed by atoms with E-state index >= 15 is 0 Å². The highest BCUT2D eigenvalue weighted by atomic mass is 14.7. The summed E-state index contributed by atoms with van der Waals surface area (Å²) in [5.41, 5.74) is 8.39. The van der Waals surface area contributed by atoms with Crippen LogP contribution >= 0.6 is 0 Å². The first-order chi connectivity index (χ1) is 23.8. The van der Waals surface area contributed by atoms with Crippen LogP contribution in [0, 0.1) is 0 Å². The summed E-state index contributed by atoms with van der Waals surface area (Å²) in [6.07, 6.45) is 2.11. The molecule has 10 aromatic rings. The molecule has 9 aromatic carbocycles. The molecule has 0 amide bonds. The summed E-state index contributed by atoms with van der Waals surface area (Å²) in [6, 6.07) is 61.9. The van der Waals surface area contributed by atoms with Crippen LogP contribution in [0.2, 0.25) is 0 Å². The maximum absolute atomic E-state index is 5.06. The highest BCUT2D eigenvalue weighted by molar-refractivity contribution is 6.29. The minimum atomic E-state index is 1.00. The number of nitrogens with zero attached hydrogens (tertiary/aromatic N) is 1. The van der Waals surface area contributed by atoms with E-state index in [0.717, 1.165) is 5.52 Å². The first-order valence-electron chi connectivity index (χ1n) is 16.5. The predicted molar refractivity (Wildman–Crippen MR) is 206 cm³/mol. The van der Waals surface area contributed by atoms with E-state index in [-0.39, 0.29) is 0 Å². The number of hydrogen-bond acceptors (Lipinski definition) is 1. The lowest BCUT2D eigenvalue weighted by molar-refractivity contribution is 1.45. The zero-order valence-corrected chi connectivity index (χ0v) is 26.2. The standard InChI is InChI=1S/C47H29N/c1-3-13-32-27-34(23-21-30(32)11-1)36-25-26-41(38-16-6-5-15-37(36)38)46-40-18-8-7-17-39(40)45(35-24-22-31-12-2-4-14-33(31)28-35)47-42-19-9-10-20-44(42)48-29-43(46)47/h1-29H. The second-order valence-electron chi connectivity index (χ2n) is 12.7. The number of benzene rings is 9. The Morgan fingerprint density at radius 2 is 0.812 bits per heavy atom. The van der Waals surface area contributed by atoms with E-state index in [1.54, 1.807) is 0 Å². The number of fused-ring (bicyclic) bond motifs is 7. The maximum Gasteiger partial charge on any atom is 0.0708 e. The van der Waals surface area contributed by atoms with Gasteiger partial charge in [0, 0.05) is 22.4 Å². The smallest absolute Gasteiger partial charge is 0.0708 e. The van der Waals surface area contributed by atoms with Crippen LogP contribution < -0.4 is 0 Å². The van der Waals surface area contributed by atoms with E-state index in [9.17, 15) is 0 Å². The molecule has 0 radical (unpaired) electrons. The van der Waals surface area contributed by atoms with Crippen molar-refractivity contribution in [2.45, 2.75) is 0 Å². The molecule has 1 aromatic heterocycles. The average molecular weight is 608 g/mol. The second kappa shape index (κ2) is 10.6. The van der Waals surface area contributed by atoms with Crippen LogP contribution in [0.1, 0.15) is 0 Å². The molecular formula is C47H29N. The molecule has 0 aliphatic heterocycles. The van der Waals surface area contributed by atoms with Crippen LogP contribution in [0.3, 0.4) is 0 Å². The largest absolute Gasteiger partial charge is 0.256 e. The van der Waals surface area contributed by atoms with Crippen molar-refractivity contribution >= 4 is 64.8 Å². The van der Waals surface area contributed by atoms with Crippen molar-refractivity contribution in [3.63, 3.8) is 0 Å². The first kappa shape index (κ1) is 26.9. The van der Waals surface area contributed by atoms with Gasteiger partial charge < -0.3 is 0 Å². The van der Waals surface area contributed by atoms with Gasteiger partial charge >= 0.3 is 0 Å². The fraction of sp³-hybridized carbons (Fsp3) is 0. The molecule has 48 heavy (non-hydrogen) atoms. The molecule has 0 unspecified atom stereocenters. The van der Waals surface area contributed by atoms with Gasteiger partial charge in [0.2, 0.25) is 0 Å². The summed E-state index contributed by atoms with van der Waals surface area (Å²) in [5, 5.41) is 13.5. The van der Waals surface area contributed by atoms with Gasteiger partial charge in [-0.25, -0.2) is 0 Å². The fourth-order valence-electron chi connectivity index (χ4n) is 7.86. The highest BCUT2D eigenvalue weighted by Crippen LogP contribution is 2.48. The lowest BCUT2D eigenvalue weighted by Crippen LogP contribution is -1.94. The van der Waals surface area contributed by atoms with Crippen LogP contribution in [0.5, 0.6) is 0 Å². The topological polar surface area (TPSA) is 12.9 Å². The van der Waals surface area contributed by atoms with E-state index in [2.05, 4.69) is 176 Å². The highest BCUT2D eigenvalue weighted by Gasteiger charge is 2.21. The van der Waals surface area contributed by atoms with E-state index < -0.39 is 0 Å². The summed E-state index contributed by atoms with van der Waals surface area (Å²) >= 11 is 0. The summed E-state index contributed by atoms with van der Waals surface area (Å²) in [5.74, 6) is 0. The Balaban J connectivity index is 1.33. The lowest BCUT2D eigenvalue weighted by Gasteiger charge is -2.21. The Morgan fingerprint density at radius 1 is 0.312 bits per heavy atom. The van der Waals surface area contributed by atoms with Gasteiger partial charge in [0.05, 0.1) is 5.52 Å². The summed E-state index contributed by atoms with van der Waals surface area (Å²) in [4.78, 5) is 5.06. The molecule has 0 fully saturated rings. The molecular weight excluding hydrogens is 579 g/mol. The summed E-state index contributed by atoms with van der Waals surface area (Å²) in [6.45, 7) is 0. The molecule has 0 saturated carbocycles. The molecule has 1 heteroatoms. The second-order valence-corrected chi connectivity index (χ2v) is 12.7. The number of rotatable bonds is 3. The van der Waals surface area contributed by atoms with E-state index in [1.165, 1.54) is 92.6 Å². The third-order valence-electron chi connectivity index (χ3n) is 10.1. The molecule has 0 saturated heterocycles. The molecule has 1 heterocycles. The Hall–Kier alpha value is -6.31. The predicted octanol–water partition coefficient (Wildman–Crippen LogP) is 13.0. The number of aromatic nitrogens is 1. The van der Waals surface area contributed by atoms with Gasteiger partial charge in [0.25, 0.3) is 0 Å². The normalized spacial score (nSPS) is 11.8. The fourth-order valence-corrected chi connectivity index (χ4v) is 7.86. The Labute approximate surface area is 278 Å². The van der Waals surface area contributed by atoms with Gasteiger partial charge in [-0.15, -0.1) is 0 Å². The first-order valence-corrected chi connectivity index (χ1v) is 16.5. The summed E-state index contributed by atoms with van der Waals surface area (Å²) in [7, 11) is 0. The number of hydrogen-bond donors (Lipinski definition) is 0. The zero-order chi connectivity index (χ0) is 31.6. The van der Waals surface area contributed by atoms with E-state index in [0.29, 0.717) is 0 Å². The average Bonchev–Trinajstić information content (AvgIpc) is 3.16. The van der Waals surface area contributed by atoms with Crippen molar-refractivity contribution in [3.05, 3.63) is 176 Å². The van der Waals surface area contributed by atoms with Crippen molar-refractivity contribution in [3.8, 4) is 33.4 Å². The van der Waals surface area contributed by atoms with Crippen molar-refractivity contribution in [2.75, 3.05) is 0 Å².